The molecule has 0 aliphatic carbocycles. The highest BCUT2D eigenvalue weighted by Crippen LogP contribution is 2.36. The lowest BCUT2D eigenvalue weighted by Crippen LogP contribution is -2.29. The number of rotatable bonds is 4. The van der Waals surface area contributed by atoms with E-state index < -0.39 is 0 Å². The molecule has 0 saturated heterocycles. The highest BCUT2D eigenvalue weighted by Gasteiger charge is 2.34. The molecule has 3 rings (SSSR count). The van der Waals surface area contributed by atoms with Gasteiger partial charge >= 0.3 is 5.97 Å². The van der Waals surface area contributed by atoms with Crippen molar-refractivity contribution in [1.29, 1.82) is 0 Å². The van der Waals surface area contributed by atoms with E-state index in [9.17, 15) is 4.79 Å². The number of methoxy groups -OCH3 is 2. The van der Waals surface area contributed by atoms with Gasteiger partial charge in [-0.3, -0.25) is 0 Å². The molecule has 1 N–H and O–H groups in total. The van der Waals surface area contributed by atoms with Crippen LogP contribution in [-0.4, -0.2) is 35.0 Å². The number of anilines is 1. The number of esters is 1. The summed E-state index contributed by atoms with van der Waals surface area (Å²) in [7, 11) is 2.99. The van der Waals surface area contributed by atoms with Gasteiger partial charge in [-0.15, -0.1) is 0 Å². The van der Waals surface area contributed by atoms with Crippen LogP contribution in [0.25, 0.3) is 0 Å². The van der Waals surface area contributed by atoms with Crippen molar-refractivity contribution in [2.75, 3.05) is 19.5 Å². The van der Waals surface area contributed by atoms with Crippen molar-refractivity contribution in [3.63, 3.8) is 0 Å². The molecule has 7 nitrogen and oxygen atoms in total. The Morgan fingerprint density at radius 2 is 2.04 bits per heavy atom. The van der Waals surface area contributed by atoms with E-state index in [4.69, 9.17) is 9.47 Å². The molecule has 1 aromatic carbocycles. The monoisotopic (exact) mass is 314 g/mol. The molecular formula is C16H18N4O3. The van der Waals surface area contributed by atoms with Crippen LogP contribution in [0.15, 0.2) is 41.9 Å². The molecule has 1 aliphatic heterocycles. The first-order valence-corrected chi connectivity index (χ1v) is 7.31. The molecule has 23 heavy (non-hydrogen) atoms. The fraction of sp³-hybridized carbons (Fsp3) is 0.312. The van der Waals surface area contributed by atoms with E-state index in [0.29, 0.717) is 17.9 Å². The number of carbonyl (C=O) groups is 1. The molecule has 0 fully saturated rings. The zero-order chi connectivity index (χ0) is 16.4. The number of nitrogens with zero attached hydrogens (tertiary/aromatic N) is 3. The number of allylic oxidation sites excluding steroid dienone is 1. The van der Waals surface area contributed by atoms with Crippen LogP contribution < -0.4 is 10.1 Å². The number of nitrogens with one attached hydrogen (secondary N) is 1. The van der Waals surface area contributed by atoms with Gasteiger partial charge in [0.15, 0.2) is 0 Å². The molecule has 1 atom stereocenters. The number of aromatic nitrogens is 3. The maximum atomic E-state index is 12.4. The Hall–Kier alpha value is -2.83. The number of ether oxygens (including phenoxy) is 2. The maximum Gasteiger partial charge on any atom is 0.338 e. The standard InChI is InChI=1S/C16H18N4O3/c1-4-12-13(15(21)23-3)14(20-16(19-12)17-9-18-20)10-5-7-11(22-2)8-6-10/h5-9,14H,4H2,1-3H3,(H,17,18,19). The van der Waals surface area contributed by atoms with E-state index in [1.807, 2.05) is 31.2 Å². The Morgan fingerprint density at radius 3 is 2.65 bits per heavy atom. The van der Waals surface area contributed by atoms with Crippen LogP contribution in [-0.2, 0) is 9.53 Å². The first-order valence-electron chi connectivity index (χ1n) is 7.31. The second-order valence-electron chi connectivity index (χ2n) is 5.07. The fourth-order valence-electron chi connectivity index (χ4n) is 2.74. The van der Waals surface area contributed by atoms with Crippen molar-refractivity contribution in [2.45, 2.75) is 19.4 Å². The molecule has 2 heterocycles. The Bertz CT molecular complexity index is 749. The molecule has 0 amide bonds. The molecule has 7 heteroatoms. The summed E-state index contributed by atoms with van der Waals surface area (Å²) in [5.74, 6) is 0.979. The van der Waals surface area contributed by atoms with Gasteiger partial charge in [-0.25, -0.2) is 9.48 Å². The normalized spacial score (nSPS) is 16.6. The largest absolute Gasteiger partial charge is 0.497 e. The molecule has 1 unspecified atom stereocenters. The van der Waals surface area contributed by atoms with Crippen LogP contribution in [0, 0.1) is 0 Å². The third kappa shape index (κ3) is 2.54. The van der Waals surface area contributed by atoms with Gasteiger partial charge in [0.05, 0.1) is 19.8 Å². The summed E-state index contributed by atoms with van der Waals surface area (Å²) in [5.41, 5.74) is 2.24. The molecular weight excluding hydrogens is 296 g/mol. The predicted octanol–water partition coefficient (Wildman–Crippen LogP) is 2.14. The molecule has 0 saturated carbocycles. The van der Waals surface area contributed by atoms with Crippen LogP contribution >= 0.6 is 0 Å². The minimum Gasteiger partial charge on any atom is -0.497 e. The van der Waals surface area contributed by atoms with Crippen LogP contribution in [0.3, 0.4) is 0 Å². The van der Waals surface area contributed by atoms with E-state index >= 15 is 0 Å². The van der Waals surface area contributed by atoms with Gasteiger partial charge < -0.3 is 14.8 Å². The number of hydrogen-bond donors (Lipinski definition) is 1. The van der Waals surface area contributed by atoms with Crippen LogP contribution in [0.2, 0.25) is 0 Å². The molecule has 2 aromatic rings. The summed E-state index contributed by atoms with van der Waals surface area (Å²) in [5, 5.41) is 7.42. The number of carbonyl (C=O) groups excluding carboxylic acids is 1. The van der Waals surface area contributed by atoms with E-state index in [1.165, 1.54) is 13.4 Å². The Labute approximate surface area is 133 Å². The third-order valence-electron chi connectivity index (χ3n) is 3.87. The smallest absolute Gasteiger partial charge is 0.338 e. The average Bonchev–Trinajstić information content (AvgIpc) is 3.07. The SMILES string of the molecule is CCC1=C(C(=O)OC)C(c2ccc(OC)cc2)n2ncnc2N1. The Kier molecular flexibility index (Phi) is 4.01. The average molecular weight is 314 g/mol. The van der Waals surface area contributed by atoms with Crippen molar-refractivity contribution in [1.82, 2.24) is 14.8 Å². The van der Waals surface area contributed by atoms with Gasteiger partial charge in [-0.2, -0.15) is 10.1 Å². The van der Waals surface area contributed by atoms with Crippen LogP contribution in [0.5, 0.6) is 5.75 Å². The number of fused-ring (bicyclic) bond motifs is 1. The van der Waals surface area contributed by atoms with E-state index in [1.54, 1.807) is 11.8 Å². The van der Waals surface area contributed by atoms with Crippen LogP contribution in [0.1, 0.15) is 24.9 Å². The first-order chi connectivity index (χ1) is 11.2. The lowest BCUT2D eigenvalue weighted by Gasteiger charge is -2.28. The molecule has 1 aliphatic rings. The van der Waals surface area contributed by atoms with Gasteiger partial charge in [0.25, 0.3) is 0 Å². The molecule has 0 spiro atoms. The molecule has 0 bridgehead atoms. The minimum atomic E-state index is -0.387. The second-order valence-corrected chi connectivity index (χ2v) is 5.07. The van der Waals surface area contributed by atoms with Crippen molar-refractivity contribution in [2.24, 2.45) is 0 Å². The summed E-state index contributed by atoms with van der Waals surface area (Å²) in [6, 6.07) is 7.15. The Morgan fingerprint density at radius 1 is 1.30 bits per heavy atom. The van der Waals surface area contributed by atoms with Gasteiger partial charge in [-0.05, 0) is 24.1 Å². The summed E-state index contributed by atoms with van der Waals surface area (Å²) < 4.78 is 11.9. The van der Waals surface area contributed by atoms with Gasteiger partial charge in [0.1, 0.15) is 18.1 Å². The highest BCUT2D eigenvalue weighted by molar-refractivity contribution is 5.92. The zero-order valence-corrected chi connectivity index (χ0v) is 13.2. The van der Waals surface area contributed by atoms with Crippen molar-refractivity contribution in [3.05, 3.63) is 47.4 Å². The number of hydrogen-bond acceptors (Lipinski definition) is 6. The van der Waals surface area contributed by atoms with Crippen molar-refractivity contribution >= 4 is 11.9 Å². The summed E-state index contributed by atoms with van der Waals surface area (Å²) in [6.07, 6.45) is 2.12. The van der Waals surface area contributed by atoms with Gasteiger partial charge in [-0.1, -0.05) is 19.1 Å². The number of benzene rings is 1. The van der Waals surface area contributed by atoms with Crippen molar-refractivity contribution < 1.29 is 14.3 Å². The Balaban J connectivity index is 2.15. The molecule has 120 valence electrons. The lowest BCUT2D eigenvalue weighted by molar-refractivity contribution is -0.136. The zero-order valence-electron chi connectivity index (χ0n) is 13.2. The topological polar surface area (TPSA) is 78.3 Å². The summed E-state index contributed by atoms with van der Waals surface area (Å²) in [6.45, 7) is 1.97. The minimum absolute atomic E-state index is 0.378. The van der Waals surface area contributed by atoms with Gasteiger partial charge in [0, 0.05) is 5.70 Å². The second kappa shape index (κ2) is 6.12. The van der Waals surface area contributed by atoms with Crippen molar-refractivity contribution in [3.8, 4) is 5.75 Å². The van der Waals surface area contributed by atoms with E-state index in [0.717, 1.165) is 17.0 Å². The van der Waals surface area contributed by atoms with Gasteiger partial charge in [0.2, 0.25) is 5.95 Å². The van der Waals surface area contributed by atoms with E-state index in [2.05, 4.69) is 15.4 Å². The lowest BCUT2D eigenvalue weighted by atomic mass is 9.94. The highest BCUT2D eigenvalue weighted by atomic mass is 16.5. The van der Waals surface area contributed by atoms with E-state index in [-0.39, 0.29) is 12.0 Å². The molecule has 0 radical (unpaired) electrons. The summed E-state index contributed by atoms with van der Waals surface area (Å²) in [4.78, 5) is 16.6. The quantitative estimate of drug-likeness (QED) is 0.871. The third-order valence-corrected chi connectivity index (χ3v) is 3.87. The fourth-order valence-corrected chi connectivity index (χ4v) is 2.74. The maximum absolute atomic E-state index is 12.4. The first kappa shape index (κ1) is 15.1. The van der Waals surface area contributed by atoms with Crippen LogP contribution in [0.4, 0.5) is 5.95 Å². The predicted molar refractivity (Wildman–Crippen MR) is 84.1 cm³/mol. The molecule has 1 aromatic heterocycles. The summed E-state index contributed by atoms with van der Waals surface area (Å²) >= 11 is 0.